The fourth-order valence-corrected chi connectivity index (χ4v) is 1.99. The molecule has 0 aliphatic heterocycles. The lowest BCUT2D eigenvalue weighted by Gasteiger charge is -2.29. The Morgan fingerprint density at radius 1 is 1.38 bits per heavy atom. The van der Waals surface area contributed by atoms with Crippen molar-refractivity contribution in [1.29, 1.82) is 0 Å². The van der Waals surface area contributed by atoms with E-state index in [0.717, 1.165) is 12.8 Å². The minimum absolute atomic E-state index is 0.0121. The van der Waals surface area contributed by atoms with Crippen LogP contribution < -0.4 is 10.1 Å². The standard InChI is InChI=1S/C16H26N2O3/c1-5-16(6-2,11-19)10-17-15(20)13-8-7-9-14(18-13)21-12(3)4/h7-9,12,19H,5-6,10-11H2,1-4H3,(H,17,20). The predicted octanol–water partition coefficient (Wildman–Crippen LogP) is 2.40. The van der Waals surface area contributed by atoms with Crippen LogP contribution in [0.3, 0.4) is 0 Å². The first kappa shape index (κ1) is 17.4. The molecular formula is C16H26N2O3. The van der Waals surface area contributed by atoms with Gasteiger partial charge >= 0.3 is 0 Å². The number of rotatable bonds is 8. The van der Waals surface area contributed by atoms with Crippen molar-refractivity contribution in [1.82, 2.24) is 10.3 Å². The van der Waals surface area contributed by atoms with E-state index in [-0.39, 0.29) is 24.0 Å². The van der Waals surface area contributed by atoms with Gasteiger partial charge in [0.15, 0.2) is 0 Å². The molecule has 0 aliphatic rings. The predicted molar refractivity (Wildman–Crippen MR) is 82.4 cm³/mol. The molecule has 0 radical (unpaired) electrons. The molecule has 1 heterocycles. The second kappa shape index (κ2) is 7.98. The van der Waals surface area contributed by atoms with Gasteiger partial charge in [0.05, 0.1) is 12.7 Å². The number of nitrogens with one attached hydrogen (secondary N) is 1. The van der Waals surface area contributed by atoms with E-state index >= 15 is 0 Å². The molecular weight excluding hydrogens is 268 g/mol. The van der Waals surface area contributed by atoms with Crippen molar-refractivity contribution < 1.29 is 14.6 Å². The summed E-state index contributed by atoms with van der Waals surface area (Å²) in [5.74, 6) is 0.195. The molecule has 118 valence electrons. The highest BCUT2D eigenvalue weighted by Gasteiger charge is 2.26. The zero-order chi connectivity index (χ0) is 15.9. The van der Waals surface area contributed by atoms with Crippen molar-refractivity contribution in [2.75, 3.05) is 13.2 Å². The van der Waals surface area contributed by atoms with Crippen LogP contribution in [0.25, 0.3) is 0 Å². The maximum Gasteiger partial charge on any atom is 0.270 e. The van der Waals surface area contributed by atoms with E-state index in [2.05, 4.69) is 10.3 Å². The number of carbonyl (C=O) groups excluding carboxylic acids is 1. The lowest BCUT2D eigenvalue weighted by Crippen LogP contribution is -2.39. The molecule has 5 nitrogen and oxygen atoms in total. The van der Waals surface area contributed by atoms with Crippen LogP contribution in [0.5, 0.6) is 5.88 Å². The third kappa shape index (κ3) is 5.01. The third-order valence-corrected chi connectivity index (χ3v) is 3.77. The van der Waals surface area contributed by atoms with Gasteiger partial charge in [0.1, 0.15) is 5.69 Å². The van der Waals surface area contributed by atoms with Gasteiger partial charge in [-0.25, -0.2) is 4.98 Å². The zero-order valence-electron chi connectivity index (χ0n) is 13.3. The smallest absolute Gasteiger partial charge is 0.270 e. The summed E-state index contributed by atoms with van der Waals surface area (Å²) < 4.78 is 5.48. The van der Waals surface area contributed by atoms with Crippen LogP contribution >= 0.6 is 0 Å². The van der Waals surface area contributed by atoms with Crippen molar-refractivity contribution in [3.63, 3.8) is 0 Å². The van der Waals surface area contributed by atoms with Gasteiger partial charge in [-0.15, -0.1) is 0 Å². The third-order valence-electron chi connectivity index (χ3n) is 3.77. The number of nitrogens with zero attached hydrogens (tertiary/aromatic N) is 1. The summed E-state index contributed by atoms with van der Waals surface area (Å²) in [4.78, 5) is 16.4. The van der Waals surface area contributed by atoms with E-state index < -0.39 is 0 Å². The fraction of sp³-hybridized carbons (Fsp3) is 0.625. The largest absolute Gasteiger partial charge is 0.475 e. The summed E-state index contributed by atoms with van der Waals surface area (Å²) in [7, 11) is 0. The second-order valence-electron chi connectivity index (χ2n) is 5.58. The summed E-state index contributed by atoms with van der Waals surface area (Å²) in [6, 6.07) is 5.13. The quantitative estimate of drug-likeness (QED) is 0.772. The van der Waals surface area contributed by atoms with Crippen molar-refractivity contribution >= 4 is 5.91 Å². The lowest BCUT2D eigenvalue weighted by molar-refractivity contribution is 0.0845. The van der Waals surface area contributed by atoms with Crippen LogP contribution in [0.4, 0.5) is 0 Å². The molecule has 0 saturated heterocycles. The summed E-state index contributed by atoms with van der Waals surface area (Å²) in [5.41, 5.74) is 0.0639. The topological polar surface area (TPSA) is 71.5 Å². The monoisotopic (exact) mass is 294 g/mol. The SMILES string of the molecule is CCC(CC)(CO)CNC(=O)c1cccc(OC(C)C)n1. The van der Waals surface area contributed by atoms with E-state index in [4.69, 9.17) is 4.74 Å². The molecule has 21 heavy (non-hydrogen) atoms. The van der Waals surface area contributed by atoms with Crippen LogP contribution in [0, 0.1) is 5.41 Å². The van der Waals surface area contributed by atoms with E-state index in [0.29, 0.717) is 18.1 Å². The average Bonchev–Trinajstić information content (AvgIpc) is 2.48. The Kier molecular flexibility index (Phi) is 6.62. The molecule has 0 saturated carbocycles. The molecule has 0 fully saturated rings. The van der Waals surface area contributed by atoms with Crippen molar-refractivity contribution in [3.05, 3.63) is 23.9 Å². The van der Waals surface area contributed by atoms with Crippen molar-refractivity contribution in [2.45, 2.75) is 46.6 Å². The van der Waals surface area contributed by atoms with Gasteiger partial charge in [-0.05, 0) is 32.8 Å². The van der Waals surface area contributed by atoms with Gasteiger partial charge in [0.25, 0.3) is 5.91 Å². The lowest BCUT2D eigenvalue weighted by atomic mass is 9.83. The maximum atomic E-state index is 12.2. The van der Waals surface area contributed by atoms with Gasteiger partial charge in [-0.2, -0.15) is 0 Å². The van der Waals surface area contributed by atoms with Crippen LogP contribution in [0.1, 0.15) is 51.0 Å². The molecule has 0 aromatic carbocycles. The Hall–Kier alpha value is -1.62. The maximum absolute atomic E-state index is 12.2. The highest BCUT2D eigenvalue weighted by Crippen LogP contribution is 2.24. The summed E-state index contributed by atoms with van der Waals surface area (Å²) in [6.07, 6.45) is 1.63. The van der Waals surface area contributed by atoms with Gasteiger partial charge in [-0.3, -0.25) is 4.79 Å². The number of ether oxygens (including phenoxy) is 1. The zero-order valence-corrected chi connectivity index (χ0v) is 13.3. The molecule has 0 spiro atoms. The first-order valence-electron chi connectivity index (χ1n) is 7.49. The number of hydrogen-bond donors (Lipinski definition) is 2. The number of aliphatic hydroxyl groups excluding tert-OH is 1. The number of carbonyl (C=O) groups is 1. The number of hydrogen-bond acceptors (Lipinski definition) is 4. The highest BCUT2D eigenvalue weighted by molar-refractivity contribution is 5.92. The minimum atomic E-state index is -0.262. The van der Waals surface area contributed by atoms with E-state index in [1.54, 1.807) is 18.2 Å². The van der Waals surface area contributed by atoms with E-state index in [1.165, 1.54) is 0 Å². The molecule has 1 rings (SSSR count). The number of aromatic nitrogens is 1. The molecule has 0 unspecified atom stereocenters. The van der Waals surface area contributed by atoms with Gasteiger partial charge in [0, 0.05) is 18.0 Å². The molecule has 0 bridgehead atoms. The van der Waals surface area contributed by atoms with E-state index in [1.807, 2.05) is 27.7 Å². The summed E-state index contributed by atoms with van der Waals surface area (Å²) in [5, 5.41) is 12.4. The minimum Gasteiger partial charge on any atom is -0.475 e. The van der Waals surface area contributed by atoms with Gasteiger partial charge < -0.3 is 15.2 Å². The Morgan fingerprint density at radius 3 is 2.57 bits per heavy atom. The first-order chi connectivity index (χ1) is 9.96. The Morgan fingerprint density at radius 2 is 2.05 bits per heavy atom. The van der Waals surface area contributed by atoms with E-state index in [9.17, 15) is 9.90 Å². The Labute approximate surface area is 126 Å². The molecule has 0 aliphatic carbocycles. The molecule has 1 amide bonds. The van der Waals surface area contributed by atoms with Gasteiger partial charge in [0.2, 0.25) is 5.88 Å². The fourth-order valence-electron chi connectivity index (χ4n) is 1.99. The van der Waals surface area contributed by atoms with Crippen molar-refractivity contribution in [3.8, 4) is 5.88 Å². The number of aliphatic hydroxyl groups is 1. The van der Waals surface area contributed by atoms with Crippen LogP contribution in [-0.4, -0.2) is 35.3 Å². The molecule has 5 heteroatoms. The number of amides is 1. The molecule has 1 aromatic heterocycles. The highest BCUT2D eigenvalue weighted by atomic mass is 16.5. The first-order valence-corrected chi connectivity index (χ1v) is 7.49. The molecule has 1 aromatic rings. The molecule has 0 atom stereocenters. The van der Waals surface area contributed by atoms with Gasteiger partial charge in [-0.1, -0.05) is 19.9 Å². The second-order valence-corrected chi connectivity index (χ2v) is 5.58. The number of pyridine rings is 1. The molecule has 2 N–H and O–H groups in total. The summed E-state index contributed by atoms with van der Waals surface area (Å²) >= 11 is 0. The van der Waals surface area contributed by atoms with Crippen LogP contribution in [-0.2, 0) is 0 Å². The Bertz CT molecular complexity index is 448. The van der Waals surface area contributed by atoms with Crippen LogP contribution in [0.2, 0.25) is 0 Å². The van der Waals surface area contributed by atoms with Crippen LogP contribution in [0.15, 0.2) is 18.2 Å². The summed E-state index contributed by atoms with van der Waals surface area (Å²) in [6.45, 7) is 8.35. The normalized spacial score (nSPS) is 11.5. The van der Waals surface area contributed by atoms with Crippen molar-refractivity contribution in [2.24, 2.45) is 5.41 Å². The average molecular weight is 294 g/mol. The Balaban J connectivity index is 2.71.